The van der Waals surface area contributed by atoms with Crippen molar-refractivity contribution in [2.45, 2.75) is 33.4 Å². The van der Waals surface area contributed by atoms with Gasteiger partial charge in [0.15, 0.2) is 0 Å². The summed E-state index contributed by atoms with van der Waals surface area (Å²) in [5, 5.41) is 0. The fourth-order valence-electron chi connectivity index (χ4n) is 1.92. The van der Waals surface area contributed by atoms with Crippen molar-refractivity contribution in [3.05, 3.63) is 54.6 Å². The zero-order valence-corrected chi connectivity index (χ0v) is 10.7. The molecule has 17 heavy (non-hydrogen) atoms. The first-order chi connectivity index (χ1) is 8.28. The third-order valence-electron chi connectivity index (χ3n) is 3.17. The molecule has 2 heteroatoms. The number of nitrogens with zero attached hydrogens (tertiary/aromatic N) is 2. The number of benzene rings is 1. The summed E-state index contributed by atoms with van der Waals surface area (Å²) in [4.78, 5) is 0. The van der Waals surface area contributed by atoms with Crippen LogP contribution >= 0.6 is 0 Å². The summed E-state index contributed by atoms with van der Waals surface area (Å²) >= 11 is 0. The van der Waals surface area contributed by atoms with E-state index in [1.807, 2.05) is 0 Å². The fraction of sp³-hybridized carbons (Fsp3) is 0.400. The third-order valence-corrected chi connectivity index (χ3v) is 3.17. The number of aromatic nitrogens is 2. The highest BCUT2D eigenvalue weighted by Gasteiger charge is 2.07. The molecule has 0 spiro atoms. The topological polar surface area (TPSA) is 8.81 Å². The molecule has 2 nitrogen and oxygen atoms in total. The molecule has 0 bridgehead atoms. The summed E-state index contributed by atoms with van der Waals surface area (Å²) in [6.07, 6.45) is 7.74. The maximum Gasteiger partial charge on any atom is 0.244 e. The maximum atomic E-state index is 2.29. The van der Waals surface area contributed by atoms with Crippen LogP contribution < -0.4 is 4.57 Å². The molecule has 0 saturated carbocycles. The number of rotatable bonds is 5. The molecule has 0 aliphatic heterocycles. The Morgan fingerprint density at radius 1 is 1.24 bits per heavy atom. The molecular formula is C15H21N2+. The Labute approximate surface area is 104 Å². The van der Waals surface area contributed by atoms with E-state index < -0.39 is 0 Å². The molecule has 0 radical (unpaired) electrons. The number of hydrogen-bond donors (Lipinski definition) is 0. The first-order valence-corrected chi connectivity index (χ1v) is 6.36. The van der Waals surface area contributed by atoms with Gasteiger partial charge in [-0.2, -0.15) is 0 Å². The smallest absolute Gasteiger partial charge is 0.237 e. The molecule has 1 unspecified atom stereocenters. The van der Waals surface area contributed by atoms with E-state index in [4.69, 9.17) is 0 Å². The second kappa shape index (κ2) is 5.67. The zero-order chi connectivity index (χ0) is 12.1. The van der Waals surface area contributed by atoms with Crippen molar-refractivity contribution in [2.75, 3.05) is 0 Å². The van der Waals surface area contributed by atoms with Gasteiger partial charge >= 0.3 is 0 Å². The standard InChI is InChI=1S/C15H21N2/c1-3-14(2)11-16-9-10-17(13-16)12-15-7-5-4-6-8-15/h4-10,13-14H,3,11-12H2,1-2H3/q+1. The van der Waals surface area contributed by atoms with Crippen LogP contribution in [-0.4, -0.2) is 4.57 Å². The molecule has 0 N–H and O–H groups in total. The van der Waals surface area contributed by atoms with E-state index >= 15 is 0 Å². The lowest BCUT2D eigenvalue weighted by Gasteiger charge is -2.03. The summed E-state index contributed by atoms with van der Waals surface area (Å²) in [6, 6.07) is 10.6. The van der Waals surface area contributed by atoms with Gasteiger partial charge in [-0.05, 0) is 17.9 Å². The van der Waals surface area contributed by atoms with Crippen molar-refractivity contribution in [3.8, 4) is 0 Å². The number of imidazole rings is 1. The van der Waals surface area contributed by atoms with Crippen molar-refractivity contribution >= 4 is 0 Å². The summed E-state index contributed by atoms with van der Waals surface area (Å²) in [5.41, 5.74) is 1.35. The van der Waals surface area contributed by atoms with Crippen LogP contribution in [0.25, 0.3) is 0 Å². The zero-order valence-electron chi connectivity index (χ0n) is 10.7. The van der Waals surface area contributed by atoms with E-state index in [1.165, 1.54) is 12.0 Å². The van der Waals surface area contributed by atoms with Gasteiger partial charge in [0.05, 0.1) is 6.54 Å². The van der Waals surface area contributed by atoms with Crippen LogP contribution in [0.15, 0.2) is 49.1 Å². The summed E-state index contributed by atoms with van der Waals surface area (Å²) in [5.74, 6) is 0.743. The lowest BCUT2D eigenvalue weighted by Crippen LogP contribution is -2.31. The third kappa shape index (κ3) is 3.45. The monoisotopic (exact) mass is 229 g/mol. The number of hydrogen-bond acceptors (Lipinski definition) is 0. The molecule has 0 aliphatic carbocycles. The molecule has 90 valence electrons. The van der Waals surface area contributed by atoms with Crippen molar-refractivity contribution in [1.29, 1.82) is 0 Å². The van der Waals surface area contributed by atoms with E-state index in [0.717, 1.165) is 19.0 Å². The van der Waals surface area contributed by atoms with E-state index in [-0.39, 0.29) is 0 Å². The van der Waals surface area contributed by atoms with Crippen LogP contribution in [0.2, 0.25) is 0 Å². The second-order valence-corrected chi connectivity index (χ2v) is 4.78. The molecule has 0 fully saturated rings. The van der Waals surface area contributed by atoms with Gasteiger partial charge < -0.3 is 0 Å². The Kier molecular flexibility index (Phi) is 3.97. The fourth-order valence-corrected chi connectivity index (χ4v) is 1.92. The summed E-state index contributed by atoms with van der Waals surface area (Å²) in [6.45, 7) is 6.60. The van der Waals surface area contributed by atoms with Gasteiger partial charge in [0.1, 0.15) is 18.9 Å². The predicted octanol–water partition coefficient (Wildman–Crippen LogP) is 2.87. The van der Waals surface area contributed by atoms with Crippen molar-refractivity contribution in [1.82, 2.24) is 4.57 Å². The van der Waals surface area contributed by atoms with Crippen LogP contribution in [0.5, 0.6) is 0 Å². The minimum Gasteiger partial charge on any atom is -0.237 e. The van der Waals surface area contributed by atoms with Gasteiger partial charge in [0.2, 0.25) is 6.33 Å². The van der Waals surface area contributed by atoms with E-state index in [2.05, 4.69) is 72.0 Å². The normalized spacial score (nSPS) is 12.6. The van der Waals surface area contributed by atoms with Gasteiger partial charge in [-0.15, -0.1) is 0 Å². The van der Waals surface area contributed by atoms with Gasteiger partial charge in [-0.1, -0.05) is 44.2 Å². The Morgan fingerprint density at radius 2 is 2.00 bits per heavy atom. The molecule has 0 saturated heterocycles. The van der Waals surface area contributed by atoms with Crippen molar-refractivity contribution in [3.63, 3.8) is 0 Å². The Hall–Kier alpha value is -1.57. The van der Waals surface area contributed by atoms with Crippen LogP contribution in [0, 0.1) is 5.92 Å². The molecule has 2 rings (SSSR count). The minimum atomic E-state index is 0.743. The minimum absolute atomic E-state index is 0.743. The van der Waals surface area contributed by atoms with Crippen LogP contribution in [0.4, 0.5) is 0 Å². The molecule has 2 aromatic rings. The average Bonchev–Trinajstić information content (AvgIpc) is 2.77. The quantitative estimate of drug-likeness (QED) is 0.697. The largest absolute Gasteiger partial charge is 0.244 e. The molecule has 0 aliphatic rings. The maximum absolute atomic E-state index is 2.29. The second-order valence-electron chi connectivity index (χ2n) is 4.78. The Morgan fingerprint density at radius 3 is 2.71 bits per heavy atom. The molecule has 1 aromatic heterocycles. The first-order valence-electron chi connectivity index (χ1n) is 6.36. The van der Waals surface area contributed by atoms with Gasteiger partial charge in [0, 0.05) is 0 Å². The lowest BCUT2D eigenvalue weighted by molar-refractivity contribution is -0.687. The van der Waals surface area contributed by atoms with E-state index in [9.17, 15) is 0 Å². The van der Waals surface area contributed by atoms with Crippen LogP contribution in [0.3, 0.4) is 0 Å². The van der Waals surface area contributed by atoms with E-state index in [1.54, 1.807) is 0 Å². The molecule has 1 heterocycles. The lowest BCUT2D eigenvalue weighted by atomic mass is 10.1. The summed E-state index contributed by atoms with van der Waals surface area (Å²) < 4.78 is 4.51. The molecule has 1 atom stereocenters. The highest BCUT2D eigenvalue weighted by Crippen LogP contribution is 2.04. The molecular weight excluding hydrogens is 208 g/mol. The molecule has 1 aromatic carbocycles. The first kappa shape index (κ1) is 11.9. The molecule has 0 amide bonds. The average molecular weight is 229 g/mol. The highest BCUT2D eigenvalue weighted by atomic mass is 15.1. The van der Waals surface area contributed by atoms with Gasteiger partial charge in [-0.25, -0.2) is 9.13 Å². The highest BCUT2D eigenvalue weighted by molar-refractivity contribution is 5.13. The Balaban J connectivity index is 1.99. The van der Waals surface area contributed by atoms with Crippen LogP contribution in [-0.2, 0) is 13.1 Å². The van der Waals surface area contributed by atoms with Gasteiger partial charge in [0.25, 0.3) is 0 Å². The van der Waals surface area contributed by atoms with Gasteiger partial charge in [-0.3, -0.25) is 0 Å². The predicted molar refractivity (Wildman–Crippen MR) is 69.6 cm³/mol. The van der Waals surface area contributed by atoms with E-state index in [0.29, 0.717) is 0 Å². The van der Waals surface area contributed by atoms with Crippen molar-refractivity contribution < 1.29 is 4.57 Å². The van der Waals surface area contributed by atoms with Crippen molar-refractivity contribution in [2.24, 2.45) is 5.92 Å². The summed E-state index contributed by atoms with van der Waals surface area (Å²) in [7, 11) is 0. The SMILES string of the molecule is CCC(C)Cn1cc[n+](Cc2ccccc2)c1. The van der Waals surface area contributed by atoms with Crippen LogP contribution in [0.1, 0.15) is 25.8 Å². The Bertz CT molecular complexity index is 445.